The van der Waals surface area contributed by atoms with Crippen LogP contribution in [0.5, 0.6) is 5.75 Å². The lowest BCUT2D eigenvalue weighted by atomic mass is 9.80. The maximum absolute atomic E-state index is 11.7. The Bertz CT molecular complexity index is 578. The molecule has 1 unspecified atom stereocenters. The molecule has 0 radical (unpaired) electrons. The third kappa shape index (κ3) is 13.2. The quantitative estimate of drug-likeness (QED) is 0.535. The average molecular weight is 408 g/mol. The smallest absolute Gasteiger partial charge is 0.444 e. The molecule has 0 aliphatic rings. The maximum atomic E-state index is 11.7. The van der Waals surface area contributed by atoms with Crippen LogP contribution in [0.3, 0.4) is 0 Å². The zero-order valence-electron chi connectivity index (χ0n) is 16.4. The van der Waals surface area contributed by atoms with Crippen LogP contribution in [0.1, 0.15) is 40.5 Å². The van der Waals surface area contributed by atoms with Gasteiger partial charge in [0.05, 0.1) is 0 Å². The lowest BCUT2D eigenvalue weighted by Gasteiger charge is -2.22. The van der Waals surface area contributed by atoms with Gasteiger partial charge in [0.25, 0.3) is 0 Å². The normalized spacial score (nSPS) is 12.4. The van der Waals surface area contributed by atoms with Gasteiger partial charge in [-0.3, -0.25) is 0 Å². The molecule has 5 N–H and O–H groups in total. The highest BCUT2D eigenvalue weighted by atomic mass is 19.4. The van der Waals surface area contributed by atoms with Crippen molar-refractivity contribution in [3.63, 3.8) is 0 Å². The number of halogens is 3. The van der Waals surface area contributed by atoms with Gasteiger partial charge in [-0.1, -0.05) is 25.5 Å². The van der Waals surface area contributed by atoms with Crippen molar-refractivity contribution in [3.05, 3.63) is 24.3 Å². The summed E-state index contributed by atoms with van der Waals surface area (Å²) in [5, 5.41) is 20.0. The van der Waals surface area contributed by atoms with Gasteiger partial charge in [0.15, 0.2) is 0 Å². The van der Waals surface area contributed by atoms with Crippen molar-refractivity contribution in [2.24, 2.45) is 5.73 Å². The first-order chi connectivity index (χ1) is 12.8. The number of nitrogens with one attached hydrogen (secondary N) is 1. The molecule has 0 fully saturated rings. The van der Waals surface area contributed by atoms with E-state index in [2.05, 4.69) is 17.0 Å². The minimum absolute atomic E-state index is 0.0230. The minimum Gasteiger partial charge on any atom is -0.444 e. The number of ether oxygens (including phenoxy) is 2. The number of hydrogen-bond acceptors (Lipinski definition) is 6. The predicted octanol–water partition coefficient (Wildman–Crippen LogP) is 1.90. The van der Waals surface area contributed by atoms with Crippen LogP contribution < -0.4 is 21.3 Å². The number of amides is 1. The number of carbonyl (C=O) groups excluding carboxylic acids is 1. The van der Waals surface area contributed by atoms with E-state index in [-0.39, 0.29) is 17.6 Å². The third-order valence-electron chi connectivity index (χ3n) is 3.05. The molecule has 0 saturated carbocycles. The Morgan fingerprint density at radius 2 is 1.75 bits per heavy atom. The Hall–Kier alpha value is -1.98. The summed E-state index contributed by atoms with van der Waals surface area (Å²) in [7, 11) is -1.70. The Kier molecular flexibility index (Phi) is 10.9. The molecule has 0 spiro atoms. The van der Waals surface area contributed by atoms with E-state index in [0.717, 1.165) is 37.1 Å². The summed E-state index contributed by atoms with van der Waals surface area (Å²) in [6, 6.07) is 4.29. The zero-order valence-corrected chi connectivity index (χ0v) is 16.4. The summed E-state index contributed by atoms with van der Waals surface area (Å²) in [6.07, 6.45) is -3.24. The SMILES string of the molecule is CCCC(CN)NC(=O)OC(C)(C)C.OB(O)c1ccc(OC(F)(F)F)cc1. The van der Waals surface area contributed by atoms with Crippen LogP contribution in [0.15, 0.2) is 24.3 Å². The molecule has 11 heteroatoms. The Balaban J connectivity index is 0.000000521. The van der Waals surface area contributed by atoms with Crippen LogP contribution in [0.25, 0.3) is 0 Å². The lowest BCUT2D eigenvalue weighted by molar-refractivity contribution is -0.274. The van der Waals surface area contributed by atoms with Gasteiger partial charge < -0.3 is 30.6 Å². The molecule has 1 atom stereocenters. The number of rotatable bonds is 6. The van der Waals surface area contributed by atoms with Crippen molar-refractivity contribution >= 4 is 18.7 Å². The molecule has 0 bridgehead atoms. The zero-order chi connectivity index (χ0) is 22.0. The van der Waals surface area contributed by atoms with E-state index in [9.17, 15) is 18.0 Å². The molecular formula is C17H28BF3N2O5. The van der Waals surface area contributed by atoms with E-state index < -0.39 is 24.8 Å². The number of alkyl halides is 3. The molecule has 0 heterocycles. The first-order valence-corrected chi connectivity index (χ1v) is 8.68. The second-order valence-corrected chi connectivity index (χ2v) is 6.86. The van der Waals surface area contributed by atoms with Crippen molar-refractivity contribution < 1.29 is 37.5 Å². The largest absolute Gasteiger partial charge is 0.573 e. The van der Waals surface area contributed by atoms with Crippen molar-refractivity contribution in [2.75, 3.05) is 6.54 Å². The fourth-order valence-electron chi connectivity index (χ4n) is 1.91. The van der Waals surface area contributed by atoms with E-state index in [1.165, 1.54) is 0 Å². The third-order valence-corrected chi connectivity index (χ3v) is 3.05. The monoisotopic (exact) mass is 408 g/mol. The molecule has 1 rings (SSSR count). The second-order valence-electron chi connectivity index (χ2n) is 6.86. The van der Waals surface area contributed by atoms with Crippen molar-refractivity contribution in [3.8, 4) is 5.75 Å². The van der Waals surface area contributed by atoms with Crippen LogP contribution in [0.4, 0.5) is 18.0 Å². The molecule has 7 nitrogen and oxygen atoms in total. The molecule has 160 valence electrons. The molecule has 28 heavy (non-hydrogen) atoms. The van der Waals surface area contributed by atoms with Crippen LogP contribution in [0, 0.1) is 0 Å². The van der Waals surface area contributed by atoms with E-state index >= 15 is 0 Å². The summed E-state index contributed by atoms with van der Waals surface area (Å²) in [6.45, 7) is 8.02. The molecular weight excluding hydrogens is 380 g/mol. The number of alkyl carbamates (subject to hydrolysis) is 1. The van der Waals surface area contributed by atoms with Gasteiger partial charge in [0, 0.05) is 12.6 Å². The topological polar surface area (TPSA) is 114 Å². The molecule has 1 aromatic rings. The van der Waals surface area contributed by atoms with Gasteiger partial charge in [0.1, 0.15) is 11.4 Å². The van der Waals surface area contributed by atoms with Gasteiger partial charge in [-0.25, -0.2) is 4.79 Å². The first kappa shape index (κ1) is 26.0. The first-order valence-electron chi connectivity index (χ1n) is 8.68. The number of nitrogens with two attached hydrogens (primary N) is 1. The van der Waals surface area contributed by atoms with Crippen molar-refractivity contribution in [1.29, 1.82) is 0 Å². The van der Waals surface area contributed by atoms with Gasteiger partial charge in [-0.05, 0) is 44.8 Å². The number of hydrogen-bond donors (Lipinski definition) is 4. The molecule has 0 aromatic heterocycles. The fourth-order valence-corrected chi connectivity index (χ4v) is 1.91. The maximum Gasteiger partial charge on any atom is 0.573 e. The summed E-state index contributed by atoms with van der Waals surface area (Å²) in [5.41, 5.74) is 5.15. The van der Waals surface area contributed by atoms with E-state index in [0.29, 0.717) is 6.54 Å². The summed E-state index contributed by atoms with van der Waals surface area (Å²) in [5.74, 6) is -0.401. The van der Waals surface area contributed by atoms with Gasteiger partial charge in [-0.15, -0.1) is 13.2 Å². The highest BCUT2D eigenvalue weighted by molar-refractivity contribution is 6.58. The summed E-state index contributed by atoms with van der Waals surface area (Å²) in [4.78, 5) is 11.3. The fraction of sp³-hybridized carbons (Fsp3) is 0.588. The van der Waals surface area contributed by atoms with Crippen LogP contribution >= 0.6 is 0 Å². The van der Waals surface area contributed by atoms with Crippen molar-refractivity contribution in [1.82, 2.24) is 5.32 Å². The standard InChI is InChI=1S/C10H22N2O2.C7H6BF3O3/c1-5-6-8(7-11)12-9(13)14-10(2,3)4;9-7(10,11)14-6-3-1-5(2-4-6)8(12)13/h8H,5-7,11H2,1-4H3,(H,12,13);1-4,12-13H. The van der Waals surface area contributed by atoms with E-state index in [1.54, 1.807) is 0 Å². The van der Waals surface area contributed by atoms with Crippen LogP contribution in [-0.4, -0.2) is 47.8 Å². The Morgan fingerprint density at radius 3 is 2.11 bits per heavy atom. The van der Waals surface area contributed by atoms with E-state index in [4.69, 9.17) is 20.5 Å². The molecule has 1 aromatic carbocycles. The molecule has 1 amide bonds. The molecule has 0 saturated heterocycles. The predicted molar refractivity (Wildman–Crippen MR) is 100 cm³/mol. The average Bonchev–Trinajstić information content (AvgIpc) is 2.52. The van der Waals surface area contributed by atoms with Gasteiger partial charge in [0.2, 0.25) is 0 Å². The number of carbonyl (C=O) groups is 1. The number of benzene rings is 1. The summed E-state index contributed by atoms with van der Waals surface area (Å²) < 4.78 is 43.7. The minimum atomic E-state index is -4.74. The van der Waals surface area contributed by atoms with Crippen LogP contribution in [0.2, 0.25) is 0 Å². The van der Waals surface area contributed by atoms with Gasteiger partial charge in [-0.2, -0.15) is 0 Å². The van der Waals surface area contributed by atoms with Gasteiger partial charge >= 0.3 is 19.6 Å². The summed E-state index contributed by atoms with van der Waals surface area (Å²) >= 11 is 0. The highest BCUT2D eigenvalue weighted by Crippen LogP contribution is 2.21. The molecule has 0 aliphatic heterocycles. The van der Waals surface area contributed by atoms with E-state index in [1.807, 2.05) is 20.8 Å². The van der Waals surface area contributed by atoms with Crippen LogP contribution in [-0.2, 0) is 4.74 Å². The Morgan fingerprint density at radius 1 is 1.21 bits per heavy atom. The van der Waals surface area contributed by atoms with Crippen molar-refractivity contribution in [2.45, 2.75) is 58.5 Å². The Labute approximate surface area is 163 Å². The second kappa shape index (κ2) is 11.8. The lowest BCUT2D eigenvalue weighted by Crippen LogP contribution is -2.42. The highest BCUT2D eigenvalue weighted by Gasteiger charge is 2.31. The molecule has 0 aliphatic carbocycles.